The van der Waals surface area contributed by atoms with Crippen LogP contribution >= 0.6 is 11.6 Å². The van der Waals surface area contributed by atoms with Gasteiger partial charge in [-0.1, -0.05) is 41.9 Å². The quantitative estimate of drug-likeness (QED) is 0.612. The summed E-state index contributed by atoms with van der Waals surface area (Å²) in [5.74, 6) is 0.762. The van der Waals surface area contributed by atoms with Gasteiger partial charge in [-0.15, -0.1) is 0 Å². The predicted molar refractivity (Wildman–Crippen MR) is 72.7 cm³/mol. The van der Waals surface area contributed by atoms with E-state index in [1.165, 1.54) is 0 Å². The Morgan fingerprint density at radius 3 is 2.67 bits per heavy atom. The third kappa shape index (κ3) is 3.52. The van der Waals surface area contributed by atoms with Crippen molar-refractivity contribution in [3.63, 3.8) is 0 Å². The molecule has 0 saturated heterocycles. The Kier molecular flexibility index (Phi) is 4.67. The average molecular weight is 263 g/mol. The van der Waals surface area contributed by atoms with Gasteiger partial charge in [0.1, 0.15) is 11.0 Å². The molecule has 2 aromatic rings. The first kappa shape index (κ1) is 13.0. The maximum absolute atomic E-state index is 6.03. The van der Waals surface area contributed by atoms with Gasteiger partial charge in [-0.25, -0.2) is 9.97 Å². The molecule has 3 nitrogen and oxygen atoms in total. The molecule has 0 atom stereocenters. The van der Waals surface area contributed by atoms with E-state index in [1.54, 1.807) is 13.2 Å². The van der Waals surface area contributed by atoms with Crippen LogP contribution in [0.1, 0.15) is 12.2 Å². The second kappa shape index (κ2) is 6.47. The van der Waals surface area contributed by atoms with Gasteiger partial charge < -0.3 is 4.74 Å². The van der Waals surface area contributed by atoms with Gasteiger partial charge in [-0.05, 0) is 6.42 Å². The summed E-state index contributed by atoms with van der Waals surface area (Å²) < 4.78 is 5.02. The molecule has 2 rings (SSSR count). The Labute approximate surface area is 112 Å². The lowest BCUT2D eigenvalue weighted by molar-refractivity contribution is 0.194. The van der Waals surface area contributed by atoms with Crippen LogP contribution in [0, 0.1) is 0 Å². The zero-order chi connectivity index (χ0) is 12.8. The Balaban J connectivity index is 2.21. The summed E-state index contributed by atoms with van der Waals surface area (Å²) in [6.45, 7) is 0.705. The number of rotatable bonds is 5. The van der Waals surface area contributed by atoms with E-state index in [-0.39, 0.29) is 0 Å². The monoisotopic (exact) mass is 262 g/mol. The number of nitrogens with zero attached hydrogens (tertiary/aromatic N) is 2. The maximum Gasteiger partial charge on any atom is 0.133 e. The van der Waals surface area contributed by atoms with Crippen molar-refractivity contribution in [3.8, 4) is 11.3 Å². The molecular weight excluding hydrogens is 248 g/mol. The average Bonchev–Trinajstić information content (AvgIpc) is 2.39. The minimum absolute atomic E-state index is 0.483. The molecule has 18 heavy (non-hydrogen) atoms. The lowest BCUT2D eigenvalue weighted by atomic mass is 10.1. The van der Waals surface area contributed by atoms with Crippen LogP contribution in [0.25, 0.3) is 11.3 Å². The van der Waals surface area contributed by atoms with Crippen LogP contribution in [0.2, 0.25) is 5.15 Å². The Morgan fingerprint density at radius 2 is 1.94 bits per heavy atom. The highest BCUT2D eigenvalue weighted by Crippen LogP contribution is 2.19. The zero-order valence-corrected chi connectivity index (χ0v) is 11.0. The van der Waals surface area contributed by atoms with Crippen molar-refractivity contribution in [1.29, 1.82) is 0 Å². The number of hydrogen-bond donors (Lipinski definition) is 0. The molecule has 1 aromatic carbocycles. The van der Waals surface area contributed by atoms with E-state index in [2.05, 4.69) is 9.97 Å². The molecule has 0 bridgehead atoms. The Morgan fingerprint density at radius 1 is 1.17 bits per heavy atom. The fraction of sp³-hybridized carbons (Fsp3) is 0.286. The SMILES string of the molecule is COCCCc1nc(Cl)cc(-c2ccccc2)n1. The molecule has 0 unspecified atom stereocenters. The topological polar surface area (TPSA) is 35.0 Å². The van der Waals surface area contributed by atoms with Crippen LogP contribution in [0.3, 0.4) is 0 Å². The van der Waals surface area contributed by atoms with E-state index >= 15 is 0 Å². The lowest BCUT2D eigenvalue weighted by Gasteiger charge is -2.05. The molecule has 0 spiro atoms. The smallest absolute Gasteiger partial charge is 0.133 e. The zero-order valence-electron chi connectivity index (χ0n) is 10.3. The van der Waals surface area contributed by atoms with Crippen molar-refractivity contribution in [1.82, 2.24) is 9.97 Å². The number of ether oxygens (including phenoxy) is 1. The number of aromatic nitrogens is 2. The minimum atomic E-state index is 0.483. The first-order valence-corrected chi connectivity index (χ1v) is 6.25. The Hall–Kier alpha value is -1.45. The number of aryl methyl sites for hydroxylation is 1. The van der Waals surface area contributed by atoms with Crippen LogP contribution in [0.4, 0.5) is 0 Å². The molecule has 0 aliphatic carbocycles. The second-order valence-electron chi connectivity index (χ2n) is 3.95. The summed E-state index contributed by atoms with van der Waals surface area (Å²) in [4.78, 5) is 8.75. The van der Waals surface area contributed by atoms with E-state index < -0.39 is 0 Å². The molecule has 0 amide bonds. The highest BCUT2D eigenvalue weighted by molar-refractivity contribution is 6.29. The van der Waals surface area contributed by atoms with Crippen molar-refractivity contribution in [2.45, 2.75) is 12.8 Å². The molecule has 1 heterocycles. The molecule has 4 heteroatoms. The van der Waals surface area contributed by atoms with Crippen molar-refractivity contribution in [2.24, 2.45) is 0 Å². The fourth-order valence-electron chi connectivity index (χ4n) is 1.71. The third-order valence-corrected chi connectivity index (χ3v) is 2.75. The third-order valence-electron chi connectivity index (χ3n) is 2.56. The first-order valence-electron chi connectivity index (χ1n) is 5.87. The van der Waals surface area contributed by atoms with Gasteiger partial charge in [0.2, 0.25) is 0 Å². The van der Waals surface area contributed by atoms with Crippen molar-refractivity contribution >= 4 is 11.6 Å². The maximum atomic E-state index is 6.03. The Bertz CT molecular complexity index is 502. The summed E-state index contributed by atoms with van der Waals surface area (Å²) in [6, 6.07) is 11.8. The van der Waals surface area contributed by atoms with Crippen LogP contribution in [-0.2, 0) is 11.2 Å². The van der Waals surface area contributed by atoms with Crippen LogP contribution < -0.4 is 0 Å². The summed E-state index contributed by atoms with van der Waals surface area (Å²) in [6.07, 6.45) is 1.67. The van der Waals surface area contributed by atoms with Crippen LogP contribution in [-0.4, -0.2) is 23.7 Å². The number of hydrogen-bond acceptors (Lipinski definition) is 3. The first-order chi connectivity index (χ1) is 8.79. The standard InChI is InChI=1S/C14H15ClN2O/c1-18-9-5-8-14-16-12(10-13(15)17-14)11-6-3-2-4-7-11/h2-4,6-7,10H,5,8-9H2,1H3. The number of halogens is 1. The summed E-state index contributed by atoms with van der Waals surface area (Å²) in [5, 5.41) is 0.483. The van der Waals surface area contributed by atoms with E-state index in [1.807, 2.05) is 30.3 Å². The molecule has 0 saturated carbocycles. The molecule has 1 aromatic heterocycles. The van der Waals surface area contributed by atoms with Gasteiger partial charge in [0.15, 0.2) is 0 Å². The van der Waals surface area contributed by atoms with Crippen molar-refractivity contribution in [2.75, 3.05) is 13.7 Å². The molecule has 94 valence electrons. The van der Waals surface area contributed by atoms with Gasteiger partial charge in [0, 0.05) is 31.8 Å². The summed E-state index contributed by atoms with van der Waals surface area (Å²) in [5.41, 5.74) is 1.91. The normalized spacial score (nSPS) is 10.6. The molecular formula is C14H15ClN2O. The summed E-state index contributed by atoms with van der Waals surface area (Å²) in [7, 11) is 1.69. The number of methoxy groups -OCH3 is 1. The van der Waals surface area contributed by atoms with Crippen LogP contribution in [0.15, 0.2) is 36.4 Å². The van der Waals surface area contributed by atoms with Crippen LogP contribution in [0.5, 0.6) is 0 Å². The number of benzene rings is 1. The van der Waals surface area contributed by atoms with Gasteiger partial charge in [-0.3, -0.25) is 0 Å². The highest BCUT2D eigenvalue weighted by atomic mass is 35.5. The minimum Gasteiger partial charge on any atom is -0.385 e. The molecule has 0 aliphatic heterocycles. The van der Waals surface area contributed by atoms with Crippen molar-refractivity contribution < 1.29 is 4.74 Å². The lowest BCUT2D eigenvalue weighted by Crippen LogP contribution is -2.00. The predicted octanol–water partition coefficient (Wildman–Crippen LogP) is 3.38. The van der Waals surface area contributed by atoms with Gasteiger partial charge >= 0.3 is 0 Å². The van der Waals surface area contributed by atoms with Crippen molar-refractivity contribution in [3.05, 3.63) is 47.4 Å². The van der Waals surface area contributed by atoms with E-state index in [0.717, 1.165) is 29.9 Å². The van der Waals surface area contributed by atoms with Gasteiger partial charge in [-0.2, -0.15) is 0 Å². The van der Waals surface area contributed by atoms with E-state index in [0.29, 0.717) is 11.8 Å². The molecule has 0 radical (unpaired) electrons. The second-order valence-corrected chi connectivity index (χ2v) is 4.34. The summed E-state index contributed by atoms with van der Waals surface area (Å²) >= 11 is 6.03. The largest absolute Gasteiger partial charge is 0.385 e. The highest BCUT2D eigenvalue weighted by Gasteiger charge is 2.05. The van der Waals surface area contributed by atoms with E-state index in [9.17, 15) is 0 Å². The van der Waals surface area contributed by atoms with Gasteiger partial charge in [0.25, 0.3) is 0 Å². The molecule has 0 N–H and O–H groups in total. The van der Waals surface area contributed by atoms with Gasteiger partial charge in [0.05, 0.1) is 5.69 Å². The van der Waals surface area contributed by atoms with E-state index in [4.69, 9.17) is 16.3 Å². The molecule has 0 aliphatic rings. The molecule has 0 fully saturated rings. The fourth-order valence-corrected chi connectivity index (χ4v) is 1.91.